The molecule has 3 rings (SSSR count). The van der Waals surface area contributed by atoms with Gasteiger partial charge in [0, 0.05) is 30.6 Å². The zero-order chi connectivity index (χ0) is 18.2. The Hall–Kier alpha value is -1.90. The van der Waals surface area contributed by atoms with Gasteiger partial charge < -0.3 is 4.90 Å². The molecule has 5 nitrogen and oxygen atoms in total. The van der Waals surface area contributed by atoms with Crippen molar-refractivity contribution < 1.29 is 13.2 Å². The van der Waals surface area contributed by atoms with Crippen LogP contribution in [0.1, 0.15) is 29.1 Å². The molecule has 0 N–H and O–H groups in total. The van der Waals surface area contributed by atoms with Gasteiger partial charge in [0.15, 0.2) is 10.8 Å². The molecule has 0 unspecified atom stereocenters. The van der Waals surface area contributed by atoms with Gasteiger partial charge in [-0.1, -0.05) is 0 Å². The van der Waals surface area contributed by atoms with Crippen molar-refractivity contribution in [3.05, 3.63) is 39.0 Å². The molecule has 0 spiro atoms. The van der Waals surface area contributed by atoms with Gasteiger partial charge in [0.2, 0.25) is 0 Å². The summed E-state index contributed by atoms with van der Waals surface area (Å²) in [6.45, 7) is 6.10. The predicted molar refractivity (Wildman–Crippen MR) is 90.0 cm³/mol. The molecule has 0 aromatic carbocycles. The summed E-state index contributed by atoms with van der Waals surface area (Å²) < 4.78 is 39.0. The van der Waals surface area contributed by atoms with Crippen molar-refractivity contribution in [1.29, 1.82) is 0 Å². The minimum atomic E-state index is -4.59. The van der Waals surface area contributed by atoms with Gasteiger partial charge in [-0.05, 0) is 32.6 Å². The topological polar surface area (TPSA) is 51.0 Å². The van der Waals surface area contributed by atoms with Crippen molar-refractivity contribution in [2.75, 3.05) is 18.0 Å². The number of aryl methyl sites for hydroxylation is 2. The summed E-state index contributed by atoms with van der Waals surface area (Å²) in [4.78, 5) is 23.3. The van der Waals surface area contributed by atoms with E-state index in [2.05, 4.69) is 14.9 Å². The van der Waals surface area contributed by atoms with Gasteiger partial charge in [-0.3, -0.25) is 9.36 Å². The Bertz CT molecular complexity index is 787. The average Bonchev–Trinajstić information content (AvgIpc) is 2.88. The van der Waals surface area contributed by atoms with Crippen molar-refractivity contribution >= 4 is 16.5 Å². The van der Waals surface area contributed by atoms with E-state index in [0.717, 1.165) is 43.1 Å². The minimum Gasteiger partial charge on any atom is -0.348 e. The average molecular weight is 372 g/mol. The molecular weight excluding hydrogens is 353 g/mol. The quantitative estimate of drug-likeness (QED) is 0.830. The van der Waals surface area contributed by atoms with Gasteiger partial charge in [0.25, 0.3) is 5.56 Å². The Labute approximate surface area is 147 Å². The molecule has 0 amide bonds. The first kappa shape index (κ1) is 17.9. The van der Waals surface area contributed by atoms with Crippen LogP contribution in [0.4, 0.5) is 18.3 Å². The third kappa shape index (κ3) is 4.02. The number of rotatable bonds is 3. The van der Waals surface area contributed by atoms with Crippen LogP contribution in [0, 0.1) is 19.8 Å². The second kappa shape index (κ2) is 6.78. The lowest BCUT2D eigenvalue weighted by Gasteiger charge is -2.31. The Morgan fingerprint density at radius 3 is 2.48 bits per heavy atom. The molecule has 136 valence electrons. The van der Waals surface area contributed by atoms with E-state index in [1.165, 1.54) is 9.44 Å². The summed E-state index contributed by atoms with van der Waals surface area (Å²) in [5, 5.41) is 1.02. The van der Waals surface area contributed by atoms with E-state index in [0.29, 0.717) is 12.6 Å². The van der Waals surface area contributed by atoms with E-state index >= 15 is 0 Å². The van der Waals surface area contributed by atoms with E-state index in [9.17, 15) is 18.0 Å². The summed E-state index contributed by atoms with van der Waals surface area (Å²) >= 11 is 1.68. The fourth-order valence-electron chi connectivity index (χ4n) is 2.89. The van der Waals surface area contributed by atoms with Crippen LogP contribution >= 0.6 is 11.3 Å². The van der Waals surface area contributed by atoms with Crippen LogP contribution in [-0.2, 0) is 12.7 Å². The first-order chi connectivity index (χ1) is 11.7. The van der Waals surface area contributed by atoms with Crippen LogP contribution in [0.5, 0.6) is 0 Å². The molecule has 0 saturated carbocycles. The second-order valence-corrected chi connectivity index (χ2v) is 7.51. The predicted octanol–water partition coefficient (Wildman–Crippen LogP) is 3.25. The summed E-state index contributed by atoms with van der Waals surface area (Å²) in [6, 6.07) is 0.566. The van der Waals surface area contributed by atoms with E-state index < -0.39 is 17.4 Å². The zero-order valence-corrected chi connectivity index (χ0v) is 14.8. The molecule has 25 heavy (non-hydrogen) atoms. The third-order valence-electron chi connectivity index (χ3n) is 4.53. The van der Waals surface area contributed by atoms with Crippen LogP contribution in [-0.4, -0.2) is 27.6 Å². The van der Waals surface area contributed by atoms with Crippen LogP contribution in [0.25, 0.3) is 0 Å². The van der Waals surface area contributed by atoms with Crippen molar-refractivity contribution in [1.82, 2.24) is 14.5 Å². The Balaban J connectivity index is 1.62. The standard InChI is InChI=1S/C16H19F3N4OS/c1-10-11(2)25-15(21-10)22-5-3-12(4-6-22)8-23-9-20-13(7-14(23)24)16(17,18)19/h7,9,12H,3-6,8H2,1-2H3. The van der Waals surface area contributed by atoms with E-state index in [1.54, 1.807) is 11.3 Å². The molecular formula is C16H19F3N4OS. The lowest BCUT2D eigenvalue weighted by Crippen LogP contribution is -2.36. The van der Waals surface area contributed by atoms with Crippen molar-refractivity contribution in [2.45, 2.75) is 39.4 Å². The van der Waals surface area contributed by atoms with E-state index in [-0.39, 0.29) is 5.92 Å². The largest absolute Gasteiger partial charge is 0.433 e. The molecule has 0 bridgehead atoms. The highest BCUT2D eigenvalue weighted by Gasteiger charge is 2.33. The number of nitrogens with zero attached hydrogens (tertiary/aromatic N) is 4. The summed E-state index contributed by atoms with van der Waals surface area (Å²) in [7, 11) is 0. The highest BCUT2D eigenvalue weighted by atomic mass is 32.1. The minimum absolute atomic E-state index is 0.245. The van der Waals surface area contributed by atoms with Gasteiger partial charge in [-0.15, -0.1) is 11.3 Å². The number of thiazole rings is 1. The van der Waals surface area contributed by atoms with Gasteiger partial charge in [-0.25, -0.2) is 9.97 Å². The number of aromatic nitrogens is 3. The number of hydrogen-bond donors (Lipinski definition) is 0. The fourth-order valence-corrected chi connectivity index (χ4v) is 3.86. The lowest BCUT2D eigenvalue weighted by molar-refractivity contribution is -0.141. The van der Waals surface area contributed by atoms with Crippen molar-refractivity contribution in [3.63, 3.8) is 0 Å². The zero-order valence-electron chi connectivity index (χ0n) is 14.0. The third-order valence-corrected chi connectivity index (χ3v) is 5.66. The van der Waals surface area contributed by atoms with Gasteiger partial charge >= 0.3 is 6.18 Å². The van der Waals surface area contributed by atoms with Gasteiger partial charge in [0.1, 0.15) is 0 Å². The lowest BCUT2D eigenvalue weighted by atomic mass is 9.97. The van der Waals surface area contributed by atoms with Crippen LogP contribution < -0.4 is 10.5 Å². The molecule has 2 aromatic rings. The Morgan fingerprint density at radius 2 is 1.96 bits per heavy atom. The molecule has 0 atom stereocenters. The van der Waals surface area contributed by atoms with Crippen LogP contribution in [0.15, 0.2) is 17.2 Å². The van der Waals surface area contributed by atoms with E-state index in [1.807, 2.05) is 13.8 Å². The number of alkyl halides is 3. The van der Waals surface area contributed by atoms with Crippen molar-refractivity contribution in [3.8, 4) is 0 Å². The van der Waals surface area contributed by atoms with E-state index in [4.69, 9.17) is 0 Å². The fraction of sp³-hybridized carbons (Fsp3) is 0.562. The highest BCUT2D eigenvalue weighted by Crippen LogP contribution is 2.29. The number of piperidine rings is 1. The molecule has 9 heteroatoms. The molecule has 2 aromatic heterocycles. The van der Waals surface area contributed by atoms with Crippen LogP contribution in [0.3, 0.4) is 0 Å². The van der Waals surface area contributed by atoms with Crippen LogP contribution in [0.2, 0.25) is 0 Å². The molecule has 0 radical (unpaired) electrons. The van der Waals surface area contributed by atoms with Gasteiger partial charge in [-0.2, -0.15) is 13.2 Å². The van der Waals surface area contributed by atoms with Crippen molar-refractivity contribution in [2.24, 2.45) is 5.92 Å². The van der Waals surface area contributed by atoms with Gasteiger partial charge in [0.05, 0.1) is 12.0 Å². The molecule has 1 aliphatic rings. The molecule has 0 aliphatic carbocycles. The normalized spacial score (nSPS) is 16.4. The highest BCUT2D eigenvalue weighted by molar-refractivity contribution is 7.15. The maximum Gasteiger partial charge on any atom is 0.433 e. The SMILES string of the molecule is Cc1nc(N2CCC(Cn3cnc(C(F)(F)F)cc3=O)CC2)sc1C. The molecule has 3 heterocycles. The second-order valence-electron chi connectivity index (χ2n) is 6.33. The smallest absolute Gasteiger partial charge is 0.348 e. The first-order valence-electron chi connectivity index (χ1n) is 8.06. The summed E-state index contributed by atoms with van der Waals surface area (Å²) in [5.74, 6) is 0.245. The number of anilines is 1. The number of hydrogen-bond acceptors (Lipinski definition) is 5. The summed E-state index contributed by atoms with van der Waals surface area (Å²) in [6.07, 6.45) is -1.85. The molecule has 1 saturated heterocycles. The first-order valence-corrected chi connectivity index (χ1v) is 8.88. The molecule has 1 aliphatic heterocycles. The molecule has 1 fully saturated rings. The Morgan fingerprint density at radius 1 is 1.28 bits per heavy atom. The monoisotopic (exact) mass is 372 g/mol. The Kier molecular flexibility index (Phi) is 4.86. The number of halogens is 3. The maximum atomic E-state index is 12.6. The maximum absolute atomic E-state index is 12.6. The summed E-state index contributed by atoms with van der Waals surface area (Å²) in [5.41, 5.74) is -0.751.